The molecule has 0 aromatic rings. The number of amides is 2. The molecule has 0 aromatic carbocycles. The highest BCUT2D eigenvalue weighted by Gasteiger charge is 2.27. The van der Waals surface area contributed by atoms with Crippen molar-refractivity contribution in [1.29, 1.82) is 0 Å². The van der Waals surface area contributed by atoms with E-state index in [4.69, 9.17) is 0 Å². The summed E-state index contributed by atoms with van der Waals surface area (Å²) in [6.07, 6.45) is 1.95. The number of piperazine rings is 1. The molecule has 1 N–H and O–H groups in total. The van der Waals surface area contributed by atoms with E-state index in [1.807, 2.05) is 16.7 Å². The van der Waals surface area contributed by atoms with Gasteiger partial charge in [0.05, 0.1) is 12.6 Å². The summed E-state index contributed by atoms with van der Waals surface area (Å²) in [6, 6.07) is -0.201. The normalized spacial score (nSPS) is 20.6. The molecule has 18 heavy (non-hydrogen) atoms. The van der Waals surface area contributed by atoms with Gasteiger partial charge in [0, 0.05) is 26.2 Å². The van der Waals surface area contributed by atoms with E-state index in [0.717, 1.165) is 32.5 Å². The fourth-order valence-corrected chi connectivity index (χ4v) is 2.22. The van der Waals surface area contributed by atoms with Crippen LogP contribution in [0.5, 0.6) is 0 Å². The first-order valence-electron chi connectivity index (χ1n) is 6.89. The lowest BCUT2D eigenvalue weighted by atomic mass is 10.2. The Hall–Kier alpha value is -1.10. The molecule has 0 spiro atoms. The van der Waals surface area contributed by atoms with Crippen molar-refractivity contribution in [2.75, 3.05) is 32.7 Å². The second kappa shape index (κ2) is 7.36. The highest BCUT2D eigenvalue weighted by atomic mass is 16.2. The molecule has 0 aromatic heterocycles. The molecule has 0 aliphatic carbocycles. The molecule has 1 unspecified atom stereocenters. The summed E-state index contributed by atoms with van der Waals surface area (Å²) < 4.78 is 0. The summed E-state index contributed by atoms with van der Waals surface area (Å²) in [5, 5.41) is 2.81. The van der Waals surface area contributed by atoms with Crippen molar-refractivity contribution in [1.82, 2.24) is 15.1 Å². The van der Waals surface area contributed by atoms with Crippen LogP contribution < -0.4 is 5.32 Å². The maximum absolute atomic E-state index is 12.2. The Morgan fingerprint density at radius 1 is 1.39 bits per heavy atom. The van der Waals surface area contributed by atoms with Crippen LogP contribution in [0.25, 0.3) is 0 Å². The number of carbonyl (C=O) groups excluding carboxylic acids is 2. The molecule has 1 aliphatic rings. The zero-order chi connectivity index (χ0) is 13.5. The first-order valence-corrected chi connectivity index (χ1v) is 6.89. The van der Waals surface area contributed by atoms with Crippen LogP contribution in [-0.4, -0.2) is 60.4 Å². The van der Waals surface area contributed by atoms with Gasteiger partial charge in [0.15, 0.2) is 0 Å². The third-order valence-corrected chi connectivity index (χ3v) is 3.30. The SMILES string of the molecule is CCCN(CCC)C(=O)CN1CCNC(=O)C1C. The molecule has 1 saturated heterocycles. The summed E-state index contributed by atoms with van der Waals surface area (Å²) in [7, 11) is 0. The Morgan fingerprint density at radius 3 is 2.56 bits per heavy atom. The monoisotopic (exact) mass is 255 g/mol. The minimum atomic E-state index is -0.201. The van der Waals surface area contributed by atoms with Crippen molar-refractivity contribution >= 4 is 11.8 Å². The maximum Gasteiger partial charge on any atom is 0.237 e. The fourth-order valence-electron chi connectivity index (χ4n) is 2.22. The number of rotatable bonds is 6. The van der Waals surface area contributed by atoms with Gasteiger partial charge in [0.1, 0.15) is 0 Å². The molecule has 1 fully saturated rings. The van der Waals surface area contributed by atoms with E-state index in [0.29, 0.717) is 13.1 Å². The quantitative estimate of drug-likeness (QED) is 0.750. The van der Waals surface area contributed by atoms with Gasteiger partial charge < -0.3 is 10.2 Å². The minimum Gasteiger partial charge on any atom is -0.353 e. The summed E-state index contributed by atoms with van der Waals surface area (Å²) in [6.45, 7) is 9.37. The third-order valence-electron chi connectivity index (χ3n) is 3.30. The molecule has 2 amide bonds. The van der Waals surface area contributed by atoms with E-state index in [1.165, 1.54) is 0 Å². The Bertz CT molecular complexity index is 288. The summed E-state index contributed by atoms with van der Waals surface area (Å²) >= 11 is 0. The lowest BCUT2D eigenvalue weighted by Crippen LogP contribution is -2.56. The van der Waals surface area contributed by atoms with E-state index in [2.05, 4.69) is 19.2 Å². The summed E-state index contributed by atoms with van der Waals surface area (Å²) in [5.74, 6) is 0.159. The topological polar surface area (TPSA) is 52.7 Å². The predicted octanol–water partition coefficient (Wildman–Crippen LogP) is 0.455. The Balaban J connectivity index is 2.53. The molecule has 0 bridgehead atoms. The van der Waals surface area contributed by atoms with Crippen LogP contribution >= 0.6 is 0 Å². The van der Waals surface area contributed by atoms with Gasteiger partial charge in [-0.1, -0.05) is 13.8 Å². The molecule has 5 heteroatoms. The van der Waals surface area contributed by atoms with Gasteiger partial charge in [-0.15, -0.1) is 0 Å². The first-order chi connectivity index (χ1) is 8.60. The number of nitrogens with zero attached hydrogens (tertiary/aromatic N) is 2. The molecule has 1 aliphatic heterocycles. The van der Waals surface area contributed by atoms with Crippen molar-refractivity contribution in [3.63, 3.8) is 0 Å². The van der Waals surface area contributed by atoms with Gasteiger partial charge in [-0.3, -0.25) is 14.5 Å². The van der Waals surface area contributed by atoms with Crippen LogP contribution in [-0.2, 0) is 9.59 Å². The van der Waals surface area contributed by atoms with Gasteiger partial charge in [0.2, 0.25) is 11.8 Å². The maximum atomic E-state index is 12.2. The largest absolute Gasteiger partial charge is 0.353 e. The molecule has 0 radical (unpaired) electrons. The van der Waals surface area contributed by atoms with Crippen LogP contribution in [0.15, 0.2) is 0 Å². The zero-order valence-corrected chi connectivity index (χ0v) is 11.7. The predicted molar refractivity (Wildman–Crippen MR) is 71.2 cm³/mol. The molecule has 1 rings (SSSR count). The van der Waals surface area contributed by atoms with Crippen LogP contribution in [0.1, 0.15) is 33.6 Å². The van der Waals surface area contributed by atoms with Crippen molar-refractivity contribution in [3.05, 3.63) is 0 Å². The van der Waals surface area contributed by atoms with E-state index < -0.39 is 0 Å². The van der Waals surface area contributed by atoms with Crippen LogP contribution in [0.3, 0.4) is 0 Å². The second-order valence-corrected chi connectivity index (χ2v) is 4.82. The Kier molecular flexibility index (Phi) is 6.12. The van der Waals surface area contributed by atoms with Gasteiger partial charge in [-0.2, -0.15) is 0 Å². The highest BCUT2D eigenvalue weighted by Crippen LogP contribution is 2.05. The van der Waals surface area contributed by atoms with Crippen LogP contribution in [0.4, 0.5) is 0 Å². The van der Waals surface area contributed by atoms with Crippen molar-refractivity contribution < 1.29 is 9.59 Å². The number of hydrogen-bond acceptors (Lipinski definition) is 3. The molecular formula is C13H25N3O2. The number of nitrogens with one attached hydrogen (secondary N) is 1. The smallest absolute Gasteiger partial charge is 0.237 e. The Morgan fingerprint density at radius 2 is 2.00 bits per heavy atom. The van der Waals surface area contributed by atoms with Crippen LogP contribution in [0.2, 0.25) is 0 Å². The lowest BCUT2D eigenvalue weighted by molar-refractivity contribution is -0.136. The van der Waals surface area contributed by atoms with E-state index in [9.17, 15) is 9.59 Å². The standard InChI is InChI=1S/C13H25N3O2/c1-4-7-15(8-5-2)12(17)10-16-9-6-14-13(18)11(16)3/h11H,4-10H2,1-3H3,(H,14,18). The molecule has 0 saturated carbocycles. The van der Waals surface area contributed by atoms with Crippen molar-refractivity contribution in [3.8, 4) is 0 Å². The van der Waals surface area contributed by atoms with Gasteiger partial charge in [0.25, 0.3) is 0 Å². The summed E-state index contributed by atoms with van der Waals surface area (Å²) in [5.41, 5.74) is 0. The van der Waals surface area contributed by atoms with Gasteiger partial charge in [-0.05, 0) is 19.8 Å². The second-order valence-electron chi connectivity index (χ2n) is 4.82. The van der Waals surface area contributed by atoms with Crippen molar-refractivity contribution in [2.24, 2.45) is 0 Å². The highest BCUT2D eigenvalue weighted by molar-refractivity contribution is 5.84. The average molecular weight is 255 g/mol. The fraction of sp³-hybridized carbons (Fsp3) is 0.846. The van der Waals surface area contributed by atoms with Gasteiger partial charge >= 0.3 is 0 Å². The molecule has 5 nitrogen and oxygen atoms in total. The molecule has 1 atom stereocenters. The lowest BCUT2D eigenvalue weighted by Gasteiger charge is -2.33. The molecular weight excluding hydrogens is 230 g/mol. The van der Waals surface area contributed by atoms with Crippen molar-refractivity contribution in [2.45, 2.75) is 39.7 Å². The Labute approximate surface area is 110 Å². The average Bonchev–Trinajstić information content (AvgIpc) is 2.34. The molecule has 1 heterocycles. The number of hydrogen-bond donors (Lipinski definition) is 1. The minimum absolute atomic E-state index is 0.0200. The van der Waals surface area contributed by atoms with Gasteiger partial charge in [-0.25, -0.2) is 0 Å². The third kappa shape index (κ3) is 3.98. The molecule has 104 valence electrons. The first kappa shape index (κ1) is 15.0. The summed E-state index contributed by atoms with van der Waals surface area (Å²) in [4.78, 5) is 27.6. The van der Waals surface area contributed by atoms with E-state index in [-0.39, 0.29) is 17.9 Å². The van der Waals surface area contributed by atoms with Crippen LogP contribution in [0, 0.1) is 0 Å². The van der Waals surface area contributed by atoms with E-state index >= 15 is 0 Å². The zero-order valence-electron chi connectivity index (χ0n) is 11.7. The number of carbonyl (C=O) groups is 2. The van der Waals surface area contributed by atoms with E-state index in [1.54, 1.807) is 0 Å².